The Labute approximate surface area is 135 Å². The Balaban J connectivity index is 2.03. The summed E-state index contributed by atoms with van der Waals surface area (Å²) in [6.07, 6.45) is 0.115. The van der Waals surface area contributed by atoms with Gasteiger partial charge in [-0.15, -0.1) is 11.8 Å². The average Bonchev–Trinajstić information content (AvgIpc) is 2.86. The Kier molecular flexibility index (Phi) is 5.74. The first kappa shape index (κ1) is 17.6. The molecule has 2 aliphatic rings. The number of hydrogen-bond acceptors (Lipinski definition) is 7. The number of fused-ring (bicyclic) bond motifs is 1. The van der Waals surface area contributed by atoms with Crippen molar-refractivity contribution < 1.29 is 28.5 Å². The Morgan fingerprint density at radius 1 is 0.955 bits per heavy atom. The molecule has 2 saturated heterocycles. The first-order chi connectivity index (χ1) is 10.4. The maximum Gasteiger partial charge on any atom is 0.306 e. The van der Waals surface area contributed by atoms with E-state index in [0.717, 1.165) is 0 Å². The van der Waals surface area contributed by atoms with Crippen LogP contribution in [0, 0.1) is 0 Å². The lowest BCUT2D eigenvalue weighted by Gasteiger charge is -2.22. The fraction of sp³-hybridized carbons (Fsp3) is 0.867. The van der Waals surface area contributed by atoms with Crippen molar-refractivity contribution in [2.24, 2.45) is 0 Å². The second-order valence-electron chi connectivity index (χ2n) is 5.80. The number of thioether (sulfide) groups is 1. The van der Waals surface area contributed by atoms with Crippen LogP contribution in [0.5, 0.6) is 0 Å². The van der Waals surface area contributed by atoms with Gasteiger partial charge in [0.05, 0.1) is 26.1 Å². The third kappa shape index (κ3) is 4.14. The summed E-state index contributed by atoms with van der Waals surface area (Å²) in [5, 5.41) is -0.129. The normalized spacial score (nSPS) is 32.5. The molecule has 126 valence electrons. The van der Waals surface area contributed by atoms with E-state index < -0.39 is 5.79 Å². The lowest BCUT2D eigenvalue weighted by atomic mass is 10.0. The molecule has 0 unspecified atom stereocenters. The van der Waals surface area contributed by atoms with Gasteiger partial charge in [0.1, 0.15) is 12.2 Å². The molecular formula is C15H24O6S. The minimum absolute atomic E-state index is 0.0646. The maximum absolute atomic E-state index is 11.8. The summed E-state index contributed by atoms with van der Waals surface area (Å²) in [4.78, 5) is 23.5. The summed E-state index contributed by atoms with van der Waals surface area (Å²) in [6.45, 7) is 7.98. The third-order valence-corrected chi connectivity index (χ3v) is 5.16. The number of hydrogen-bond donors (Lipinski definition) is 0. The fourth-order valence-electron chi connectivity index (χ4n) is 2.87. The van der Waals surface area contributed by atoms with E-state index in [1.165, 1.54) is 0 Å². The van der Waals surface area contributed by atoms with Gasteiger partial charge in [0, 0.05) is 10.5 Å². The van der Waals surface area contributed by atoms with E-state index in [-0.39, 0.29) is 47.5 Å². The standard InChI is InChI=1S/C15H24O6S/c1-5-18-11(16)7-9-13-14(21-15(3,4)20-13)10(22-9)8-12(17)19-6-2/h9-10,13-14H,5-8H2,1-4H3/t9-,10-,13-,14+/m1/s1. The molecule has 0 aromatic carbocycles. The zero-order chi connectivity index (χ0) is 16.3. The molecule has 2 heterocycles. The highest BCUT2D eigenvalue weighted by atomic mass is 32.2. The van der Waals surface area contributed by atoms with Crippen LogP contribution in [0.1, 0.15) is 40.5 Å². The molecule has 0 spiro atoms. The summed E-state index contributed by atoms with van der Waals surface area (Å²) in [7, 11) is 0. The SMILES string of the molecule is CCOC(=O)C[C@H]1S[C@H](CC(=O)OCC)[C@H]2OC(C)(C)O[C@H]21. The van der Waals surface area contributed by atoms with E-state index in [0.29, 0.717) is 13.2 Å². The van der Waals surface area contributed by atoms with Crippen LogP contribution in [0.15, 0.2) is 0 Å². The summed E-state index contributed by atoms with van der Waals surface area (Å²) in [5.41, 5.74) is 0. The molecule has 0 saturated carbocycles. The quantitative estimate of drug-likeness (QED) is 0.688. The molecule has 2 aliphatic heterocycles. The third-order valence-electron chi connectivity index (χ3n) is 3.59. The van der Waals surface area contributed by atoms with Crippen molar-refractivity contribution in [3.63, 3.8) is 0 Å². The molecular weight excluding hydrogens is 308 g/mol. The van der Waals surface area contributed by atoms with Crippen LogP contribution in [0.2, 0.25) is 0 Å². The number of ether oxygens (including phenoxy) is 4. The largest absolute Gasteiger partial charge is 0.466 e. The smallest absolute Gasteiger partial charge is 0.306 e. The number of rotatable bonds is 6. The van der Waals surface area contributed by atoms with E-state index in [1.807, 2.05) is 13.8 Å². The highest BCUT2D eigenvalue weighted by molar-refractivity contribution is 8.01. The van der Waals surface area contributed by atoms with Crippen molar-refractivity contribution in [2.75, 3.05) is 13.2 Å². The Morgan fingerprint density at radius 3 is 1.73 bits per heavy atom. The molecule has 0 bridgehead atoms. The summed E-state index contributed by atoms with van der Waals surface area (Å²) in [6, 6.07) is 0. The summed E-state index contributed by atoms with van der Waals surface area (Å²) >= 11 is 1.56. The highest BCUT2D eigenvalue weighted by Gasteiger charge is 2.55. The maximum atomic E-state index is 11.8. The van der Waals surface area contributed by atoms with Gasteiger partial charge in [0.25, 0.3) is 0 Å². The van der Waals surface area contributed by atoms with Gasteiger partial charge in [0.15, 0.2) is 5.79 Å². The van der Waals surface area contributed by atoms with Crippen LogP contribution in [-0.4, -0.2) is 53.6 Å². The van der Waals surface area contributed by atoms with Crippen LogP contribution in [0.4, 0.5) is 0 Å². The predicted octanol–water partition coefficient (Wildman–Crippen LogP) is 1.90. The number of carbonyl (C=O) groups is 2. The minimum atomic E-state index is -0.698. The first-order valence-corrected chi connectivity index (χ1v) is 8.63. The van der Waals surface area contributed by atoms with Crippen molar-refractivity contribution >= 4 is 23.7 Å². The van der Waals surface area contributed by atoms with Gasteiger partial charge in [0.2, 0.25) is 0 Å². The lowest BCUT2D eigenvalue weighted by Crippen LogP contribution is -2.32. The van der Waals surface area contributed by atoms with Crippen LogP contribution >= 0.6 is 11.8 Å². The monoisotopic (exact) mass is 332 g/mol. The molecule has 0 amide bonds. The van der Waals surface area contributed by atoms with Crippen LogP contribution in [0.3, 0.4) is 0 Å². The van der Waals surface area contributed by atoms with Crippen LogP contribution < -0.4 is 0 Å². The number of esters is 2. The Bertz CT molecular complexity index is 388. The van der Waals surface area contributed by atoms with Gasteiger partial charge >= 0.3 is 11.9 Å². The summed E-state index contributed by atoms with van der Waals surface area (Å²) < 4.78 is 21.9. The van der Waals surface area contributed by atoms with E-state index in [1.54, 1.807) is 25.6 Å². The Hall–Kier alpha value is -0.790. The van der Waals surface area contributed by atoms with Crippen molar-refractivity contribution in [1.29, 1.82) is 0 Å². The van der Waals surface area contributed by atoms with Crippen molar-refractivity contribution in [2.45, 2.75) is 69.0 Å². The highest BCUT2D eigenvalue weighted by Crippen LogP contribution is 2.48. The van der Waals surface area contributed by atoms with E-state index in [2.05, 4.69) is 0 Å². The van der Waals surface area contributed by atoms with Gasteiger partial charge < -0.3 is 18.9 Å². The molecule has 4 atom stereocenters. The van der Waals surface area contributed by atoms with Crippen LogP contribution in [0.25, 0.3) is 0 Å². The van der Waals surface area contributed by atoms with Gasteiger partial charge in [-0.1, -0.05) is 0 Å². The molecule has 0 radical (unpaired) electrons. The molecule has 0 N–H and O–H groups in total. The zero-order valence-electron chi connectivity index (χ0n) is 13.5. The van der Waals surface area contributed by atoms with E-state index in [4.69, 9.17) is 18.9 Å². The van der Waals surface area contributed by atoms with Gasteiger partial charge in [-0.2, -0.15) is 0 Å². The first-order valence-electron chi connectivity index (χ1n) is 7.68. The predicted molar refractivity (Wildman–Crippen MR) is 81.5 cm³/mol. The zero-order valence-corrected chi connectivity index (χ0v) is 14.3. The number of carbonyl (C=O) groups excluding carboxylic acids is 2. The minimum Gasteiger partial charge on any atom is -0.466 e. The topological polar surface area (TPSA) is 71.1 Å². The molecule has 7 heteroatoms. The molecule has 0 aromatic rings. The Morgan fingerprint density at radius 2 is 1.36 bits per heavy atom. The second-order valence-corrected chi connectivity index (χ2v) is 7.28. The second kappa shape index (κ2) is 7.19. The molecule has 0 aromatic heterocycles. The van der Waals surface area contributed by atoms with Gasteiger partial charge in [-0.25, -0.2) is 0 Å². The van der Waals surface area contributed by atoms with Crippen molar-refractivity contribution in [3.8, 4) is 0 Å². The average molecular weight is 332 g/mol. The van der Waals surface area contributed by atoms with E-state index >= 15 is 0 Å². The van der Waals surface area contributed by atoms with Crippen molar-refractivity contribution in [1.82, 2.24) is 0 Å². The molecule has 0 aliphatic carbocycles. The lowest BCUT2D eigenvalue weighted by molar-refractivity contribution is -0.153. The van der Waals surface area contributed by atoms with Gasteiger partial charge in [-0.05, 0) is 27.7 Å². The fourth-order valence-corrected chi connectivity index (χ4v) is 4.51. The molecule has 22 heavy (non-hydrogen) atoms. The molecule has 6 nitrogen and oxygen atoms in total. The van der Waals surface area contributed by atoms with E-state index in [9.17, 15) is 9.59 Å². The summed E-state index contributed by atoms with van der Waals surface area (Å²) in [5.74, 6) is -1.19. The van der Waals surface area contributed by atoms with Gasteiger partial charge in [-0.3, -0.25) is 9.59 Å². The van der Waals surface area contributed by atoms with Crippen LogP contribution in [-0.2, 0) is 28.5 Å². The molecule has 2 rings (SSSR count). The van der Waals surface area contributed by atoms with Crippen molar-refractivity contribution in [3.05, 3.63) is 0 Å². The molecule has 2 fully saturated rings.